The van der Waals surface area contributed by atoms with E-state index in [1.54, 1.807) is 12.1 Å². The minimum Gasteiger partial charge on any atom is -0.354 e. The molecule has 18 heavy (non-hydrogen) atoms. The van der Waals surface area contributed by atoms with Crippen molar-refractivity contribution in [2.24, 2.45) is 0 Å². The lowest BCUT2D eigenvalue weighted by molar-refractivity contribution is 0.622. The lowest BCUT2D eigenvalue weighted by Gasteiger charge is -2.04. The fourth-order valence-corrected chi connectivity index (χ4v) is 1.95. The zero-order valence-electron chi connectivity index (χ0n) is 10.7. The minimum atomic E-state index is -0.160. The van der Waals surface area contributed by atoms with E-state index in [0.717, 1.165) is 31.6 Å². The molecule has 0 saturated heterocycles. The van der Waals surface area contributed by atoms with Gasteiger partial charge < -0.3 is 9.88 Å². The Morgan fingerprint density at radius 1 is 1.22 bits per heavy atom. The Labute approximate surface area is 107 Å². The summed E-state index contributed by atoms with van der Waals surface area (Å²) in [5.74, 6) is -0.160. The van der Waals surface area contributed by atoms with Crippen molar-refractivity contribution in [3.63, 3.8) is 0 Å². The summed E-state index contributed by atoms with van der Waals surface area (Å²) in [4.78, 5) is 0. The molecular formula is C15H19FN2. The average molecular weight is 246 g/mol. The molecule has 0 unspecified atom stereocenters. The second-order valence-corrected chi connectivity index (χ2v) is 4.41. The van der Waals surface area contributed by atoms with E-state index < -0.39 is 0 Å². The molecular weight excluding hydrogens is 227 g/mol. The Kier molecular flexibility index (Phi) is 4.53. The molecule has 0 atom stereocenters. The molecule has 0 saturated carbocycles. The van der Waals surface area contributed by atoms with E-state index in [9.17, 15) is 4.39 Å². The molecule has 1 aromatic carbocycles. The third-order valence-electron chi connectivity index (χ3n) is 2.99. The van der Waals surface area contributed by atoms with Crippen LogP contribution < -0.4 is 5.32 Å². The number of nitrogens with zero attached hydrogens (tertiary/aromatic N) is 1. The molecule has 3 heteroatoms. The van der Waals surface area contributed by atoms with E-state index in [0.29, 0.717) is 0 Å². The first-order valence-corrected chi connectivity index (χ1v) is 6.37. The molecule has 0 aliphatic heterocycles. The first kappa shape index (κ1) is 12.8. The number of aromatic nitrogens is 1. The molecule has 0 radical (unpaired) electrons. The number of hydrogen-bond acceptors (Lipinski definition) is 1. The van der Waals surface area contributed by atoms with Crippen molar-refractivity contribution in [2.45, 2.75) is 26.4 Å². The van der Waals surface area contributed by atoms with Crippen molar-refractivity contribution in [2.75, 3.05) is 6.54 Å². The van der Waals surface area contributed by atoms with Crippen molar-refractivity contribution in [3.05, 3.63) is 59.7 Å². The number of nitrogens with one attached hydrogen (secondary N) is 1. The summed E-state index contributed by atoms with van der Waals surface area (Å²) in [5.41, 5.74) is 2.32. The van der Waals surface area contributed by atoms with Gasteiger partial charge in [0.15, 0.2) is 0 Å². The Hall–Kier alpha value is -1.61. The summed E-state index contributed by atoms with van der Waals surface area (Å²) in [6.07, 6.45) is 5.09. The first-order chi connectivity index (χ1) is 8.78. The highest BCUT2D eigenvalue weighted by Crippen LogP contribution is 2.04. The van der Waals surface area contributed by atoms with Crippen LogP contribution in [0.3, 0.4) is 0 Å². The van der Waals surface area contributed by atoms with Gasteiger partial charge in [-0.2, -0.15) is 0 Å². The minimum absolute atomic E-state index is 0.160. The van der Waals surface area contributed by atoms with Crippen molar-refractivity contribution < 1.29 is 4.39 Å². The lowest BCUT2D eigenvalue weighted by atomic mass is 10.1. The molecule has 0 amide bonds. The molecule has 1 heterocycles. The van der Waals surface area contributed by atoms with E-state index in [1.807, 2.05) is 6.07 Å². The maximum absolute atomic E-state index is 13.0. The van der Waals surface area contributed by atoms with Gasteiger partial charge >= 0.3 is 0 Å². The predicted octanol–water partition coefficient (Wildman–Crippen LogP) is 2.98. The van der Waals surface area contributed by atoms with Crippen molar-refractivity contribution in [1.29, 1.82) is 0 Å². The lowest BCUT2D eigenvalue weighted by Crippen LogP contribution is -2.16. The van der Waals surface area contributed by atoms with Gasteiger partial charge in [-0.1, -0.05) is 12.1 Å². The average Bonchev–Trinajstić information content (AvgIpc) is 2.83. The molecule has 0 aliphatic rings. The highest BCUT2D eigenvalue weighted by molar-refractivity contribution is 5.16. The number of rotatable bonds is 6. The third kappa shape index (κ3) is 3.70. The number of halogens is 1. The van der Waals surface area contributed by atoms with Crippen LogP contribution in [0.15, 0.2) is 42.7 Å². The van der Waals surface area contributed by atoms with Gasteiger partial charge in [0.2, 0.25) is 0 Å². The molecule has 0 bridgehead atoms. The Morgan fingerprint density at radius 2 is 2.11 bits per heavy atom. The van der Waals surface area contributed by atoms with Crippen LogP contribution in [-0.4, -0.2) is 11.1 Å². The van der Waals surface area contributed by atoms with Gasteiger partial charge in [0, 0.05) is 25.5 Å². The fourth-order valence-electron chi connectivity index (χ4n) is 1.95. The van der Waals surface area contributed by atoms with Gasteiger partial charge in [-0.25, -0.2) is 4.39 Å². The smallest absolute Gasteiger partial charge is 0.123 e. The Bertz CT molecular complexity index is 491. The standard InChI is InChI=1S/C15H19FN2/c1-2-18-9-7-14(12-18)11-17-8-6-13-4-3-5-15(16)10-13/h3-5,7,9-10,12,17H,2,6,8,11H2,1H3. The SMILES string of the molecule is CCn1ccc(CNCCc2cccc(F)c2)c1. The molecule has 96 valence electrons. The first-order valence-electron chi connectivity index (χ1n) is 6.37. The van der Waals surface area contributed by atoms with Crippen LogP contribution in [0, 0.1) is 5.82 Å². The van der Waals surface area contributed by atoms with Crippen LogP contribution in [0.25, 0.3) is 0 Å². The van der Waals surface area contributed by atoms with Gasteiger partial charge in [0.1, 0.15) is 5.82 Å². The molecule has 2 aromatic rings. The van der Waals surface area contributed by atoms with Gasteiger partial charge in [0.25, 0.3) is 0 Å². The number of benzene rings is 1. The zero-order chi connectivity index (χ0) is 12.8. The summed E-state index contributed by atoms with van der Waals surface area (Å²) < 4.78 is 15.1. The highest BCUT2D eigenvalue weighted by atomic mass is 19.1. The predicted molar refractivity (Wildman–Crippen MR) is 71.9 cm³/mol. The summed E-state index contributed by atoms with van der Waals surface area (Å²) >= 11 is 0. The van der Waals surface area contributed by atoms with E-state index in [4.69, 9.17) is 0 Å². The number of aryl methyl sites for hydroxylation is 1. The molecule has 2 nitrogen and oxygen atoms in total. The highest BCUT2D eigenvalue weighted by Gasteiger charge is 1.97. The summed E-state index contributed by atoms with van der Waals surface area (Å²) in [6.45, 7) is 4.85. The van der Waals surface area contributed by atoms with Crippen LogP contribution in [0.2, 0.25) is 0 Å². The van der Waals surface area contributed by atoms with E-state index in [2.05, 4.69) is 35.3 Å². The monoisotopic (exact) mass is 246 g/mol. The molecule has 0 spiro atoms. The largest absolute Gasteiger partial charge is 0.354 e. The normalized spacial score (nSPS) is 10.8. The fraction of sp³-hybridized carbons (Fsp3) is 0.333. The topological polar surface area (TPSA) is 17.0 Å². The van der Waals surface area contributed by atoms with Gasteiger partial charge in [-0.05, 0) is 49.2 Å². The van der Waals surface area contributed by atoms with E-state index in [-0.39, 0.29) is 5.82 Å². The molecule has 2 rings (SSSR count). The van der Waals surface area contributed by atoms with Crippen LogP contribution in [-0.2, 0) is 19.5 Å². The van der Waals surface area contributed by atoms with Crippen molar-refractivity contribution in [3.8, 4) is 0 Å². The maximum atomic E-state index is 13.0. The van der Waals surface area contributed by atoms with Gasteiger partial charge in [-0.15, -0.1) is 0 Å². The Morgan fingerprint density at radius 3 is 2.83 bits per heavy atom. The van der Waals surface area contributed by atoms with Crippen LogP contribution in [0.4, 0.5) is 4.39 Å². The maximum Gasteiger partial charge on any atom is 0.123 e. The van der Waals surface area contributed by atoms with Crippen LogP contribution in [0.5, 0.6) is 0 Å². The second-order valence-electron chi connectivity index (χ2n) is 4.41. The van der Waals surface area contributed by atoms with Crippen molar-refractivity contribution in [1.82, 2.24) is 9.88 Å². The van der Waals surface area contributed by atoms with Crippen LogP contribution >= 0.6 is 0 Å². The zero-order valence-corrected chi connectivity index (χ0v) is 10.7. The molecule has 1 N–H and O–H groups in total. The molecule has 1 aromatic heterocycles. The van der Waals surface area contributed by atoms with E-state index in [1.165, 1.54) is 11.6 Å². The third-order valence-corrected chi connectivity index (χ3v) is 2.99. The van der Waals surface area contributed by atoms with E-state index >= 15 is 0 Å². The molecule has 0 fully saturated rings. The summed E-state index contributed by atoms with van der Waals surface area (Å²) in [5, 5.41) is 3.37. The molecule has 0 aliphatic carbocycles. The Balaban J connectivity index is 1.72. The summed E-state index contributed by atoms with van der Waals surface area (Å²) in [6, 6.07) is 8.91. The number of hydrogen-bond donors (Lipinski definition) is 1. The van der Waals surface area contributed by atoms with Gasteiger partial charge in [0.05, 0.1) is 0 Å². The van der Waals surface area contributed by atoms with Gasteiger partial charge in [-0.3, -0.25) is 0 Å². The summed E-state index contributed by atoms with van der Waals surface area (Å²) in [7, 11) is 0. The quantitative estimate of drug-likeness (QED) is 0.775. The second kappa shape index (κ2) is 6.36. The van der Waals surface area contributed by atoms with Crippen molar-refractivity contribution >= 4 is 0 Å². The van der Waals surface area contributed by atoms with Crippen LogP contribution in [0.1, 0.15) is 18.1 Å².